The van der Waals surface area contributed by atoms with E-state index in [4.69, 9.17) is 4.74 Å². The summed E-state index contributed by atoms with van der Waals surface area (Å²) in [7, 11) is -2.43. The lowest BCUT2D eigenvalue weighted by atomic mass is 10.0. The number of amides is 1. The van der Waals surface area contributed by atoms with Crippen molar-refractivity contribution in [1.29, 1.82) is 0 Å². The summed E-state index contributed by atoms with van der Waals surface area (Å²) in [5, 5.41) is 2.83. The van der Waals surface area contributed by atoms with Gasteiger partial charge in [0.05, 0.1) is 13.3 Å². The minimum atomic E-state index is -3.81. The van der Waals surface area contributed by atoms with E-state index in [1.807, 2.05) is 0 Å². The van der Waals surface area contributed by atoms with E-state index in [9.17, 15) is 17.6 Å². The zero-order valence-electron chi connectivity index (χ0n) is 17.7. The second kappa shape index (κ2) is 9.73. The fraction of sp³-hybridized carbons (Fsp3) is 0.381. The van der Waals surface area contributed by atoms with E-state index >= 15 is 0 Å². The van der Waals surface area contributed by atoms with Gasteiger partial charge in [-0.05, 0) is 35.9 Å². The van der Waals surface area contributed by atoms with Crippen molar-refractivity contribution in [1.82, 2.24) is 20.5 Å². The van der Waals surface area contributed by atoms with Crippen LogP contribution in [0.3, 0.4) is 0 Å². The van der Waals surface area contributed by atoms with Gasteiger partial charge >= 0.3 is 0 Å². The van der Waals surface area contributed by atoms with Crippen LogP contribution >= 0.6 is 0 Å². The highest BCUT2D eigenvalue weighted by atomic mass is 32.2. The Morgan fingerprint density at radius 3 is 2.58 bits per heavy atom. The molecule has 0 aromatic heterocycles. The molecular formula is C21H27FN4O4S. The van der Waals surface area contributed by atoms with Crippen molar-refractivity contribution in [2.24, 2.45) is 0 Å². The lowest BCUT2D eigenvalue weighted by Gasteiger charge is -2.20. The molecule has 2 unspecified atom stereocenters. The first-order chi connectivity index (χ1) is 14.8. The smallest absolute Gasteiger partial charge is 0.252 e. The molecule has 1 aliphatic rings. The first-order valence-corrected chi connectivity index (χ1v) is 11.5. The van der Waals surface area contributed by atoms with Crippen molar-refractivity contribution in [2.45, 2.75) is 37.4 Å². The maximum Gasteiger partial charge on any atom is 0.252 e. The van der Waals surface area contributed by atoms with Gasteiger partial charge in [-0.2, -0.15) is 4.31 Å². The van der Waals surface area contributed by atoms with Crippen molar-refractivity contribution < 1.29 is 22.3 Å². The molecule has 3 N–H and O–H groups in total. The van der Waals surface area contributed by atoms with Crippen LogP contribution in [-0.2, 0) is 10.0 Å². The fourth-order valence-corrected chi connectivity index (χ4v) is 5.20. The van der Waals surface area contributed by atoms with Crippen LogP contribution in [0, 0.1) is 5.82 Å². The highest BCUT2D eigenvalue weighted by molar-refractivity contribution is 7.89. The number of hydrogen-bond acceptors (Lipinski definition) is 6. The number of halogens is 1. The largest absolute Gasteiger partial charge is 0.495 e. The van der Waals surface area contributed by atoms with Gasteiger partial charge in [0.25, 0.3) is 5.91 Å². The Labute approximate surface area is 181 Å². The van der Waals surface area contributed by atoms with Crippen LogP contribution in [0.15, 0.2) is 47.4 Å². The summed E-state index contributed by atoms with van der Waals surface area (Å²) in [6.45, 7) is 4.10. The molecule has 2 aromatic carbocycles. The first-order valence-electron chi connectivity index (χ1n) is 10.1. The number of nitrogens with one attached hydrogen (secondary N) is 3. The number of hydrazine groups is 1. The summed E-state index contributed by atoms with van der Waals surface area (Å²) in [6.07, 6.45) is 0.0846. The molecule has 1 aliphatic heterocycles. The molecule has 1 saturated heterocycles. The van der Waals surface area contributed by atoms with Crippen molar-refractivity contribution in [3.63, 3.8) is 0 Å². The zero-order valence-corrected chi connectivity index (χ0v) is 18.5. The summed E-state index contributed by atoms with van der Waals surface area (Å²) in [6, 6.07) is 10.4. The van der Waals surface area contributed by atoms with E-state index in [1.54, 1.807) is 26.0 Å². The van der Waals surface area contributed by atoms with Gasteiger partial charge in [-0.1, -0.05) is 26.0 Å². The zero-order chi connectivity index (χ0) is 22.6. The summed E-state index contributed by atoms with van der Waals surface area (Å²) in [5.41, 5.74) is 6.97. The standard InChI is InChI=1S/C21H27FN4O4S/c1-4-26(5-2)31(28,29)19-12-15(9-10-18(19)30-3)21(27)23-20-13-17(24-25-20)14-7-6-8-16(22)11-14/h6-12,17,20,24-25H,4-5,13H2,1-3H3,(H,23,27). The van der Waals surface area contributed by atoms with Gasteiger partial charge in [0.15, 0.2) is 0 Å². The molecule has 8 nitrogen and oxygen atoms in total. The third-order valence-electron chi connectivity index (χ3n) is 5.21. The number of hydrogen-bond donors (Lipinski definition) is 3. The molecule has 2 aromatic rings. The van der Waals surface area contributed by atoms with Crippen LogP contribution in [0.25, 0.3) is 0 Å². The molecule has 10 heteroatoms. The molecule has 1 amide bonds. The van der Waals surface area contributed by atoms with E-state index in [1.165, 1.54) is 41.7 Å². The summed E-state index contributed by atoms with van der Waals surface area (Å²) in [5.74, 6) is -0.583. The number of benzene rings is 2. The van der Waals surface area contributed by atoms with Gasteiger partial charge in [0.2, 0.25) is 10.0 Å². The Morgan fingerprint density at radius 2 is 1.94 bits per heavy atom. The molecule has 0 aliphatic carbocycles. The maximum atomic E-state index is 13.5. The van der Waals surface area contributed by atoms with Gasteiger partial charge in [-0.3, -0.25) is 4.79 Å². The van der Waals surface area contributed by atoms with E-state index in [0.29, 0.717) is 19.5 Å². The van der Waals surface area contributed by atoms with Gasteiger partial charge in [0, 0.05) is 31.1 Å². The molecule has 2 atom stereocenters. The molecule has 0 radical (unpaired) electrons. The molecule has 0 spiro atoms. The van der Waals surface area contributed by atoms with E-state index in [0.717, 1.165) is 5.56 Å². The number of ether oxygens (including phenoxy) is 1. The first kappa shape index (κ1) is 23.1. The van der Waals surface area contributed by atoms with Crippen LogP contribution in [0.1, 0.15) is 42.2 Å². The van der Waals surface area contributed by atoms with Crippen molar-refractivity contribution in [3.8, 4) is 5.75 Å². The molecule has 1 heterocycles. The lowest BCUT2D eigenvalue weighted by Crippen LogP contribution is -2.44. The third-order valence-corrected chi connectivity index (χ3v) is 7.28. The molecule has 0 saturated carbocycles. The monoisotopic (exact) mass is 450 g/mol. The topological polar surface area (TPSA) is 99.8 Å². The molecule has 3 rings (SSSR count). The van der Waals surface area contributed by atoms with Crippen LogP contribution in [0.5, 0.6) is 5.75 Å². The van der Waals surface area contributed by atoms with Gasteiger partial charge in [0.1, 0.15) is 16.5 Å². The maximum absolute atomic E-state index is 13.5. The SMILES string of the molecule is CCN(CC)S(=O)(=O)c1cc(C(=O)NC2CC(c3cccc(F)c3)NN2)ccc1OC. The Balaban J connectivity index is 1.77. The van der Waals surface area contributed by atoms with Gasteiger partial charge in [-0.15, -0.1) is 0 Å². The van der Waals surface area contributed by atoms with Crippen molar-refractivity contribution >= 4 is 15.9 Å². The minimum absolute atomic E-state index is 0.0542. The molecular weight excluding hydrogens is 423 g/mol. The normalized spacial score (nSPS) is 18.9. The quantitative estimate of drug-likeness (QED) is 0.570. The van der Waals surface area contributed by atoms with Crippen LogP contribution in [0.4, 0.5) is 4.39 Å². The third kappa shape index (κ3) is 5.04. The number of methoxy groups -OCH3 is 1. The summed E-state index contributed by atoms with van der Waals surface area (Å²) >= 11 is 0. The second-order valence-electron chi connectivity index (χ2n) is 7.11. The van der Waals surface area contributed by atoms with Crippen LogP contribution in [-0.4, -0.2) is 45.0 Å². The molecule has 0 bridgehead atoms. The van der Waals surface area contributed by atoms with E-state index in [2.05, 4.69) is 16.2 Å². The highest BCUT2D eigenvalue weighted by Crippen LogP contribution is 2.28. The molecule has 31 heavy (non-hydrogen) atoms. The molecule has 1 fully saturated rings. The number of carbonyl (C=O) groups is 1. The number of carbonyl (C=O) groups excluding carboxylic acids is 1. The molecule has 168 valence electrons. The summed E-state index contributed by atoms with van der Waals surface area (Å²) < 4.78 is 46.0. The predicted molar refractivity (Wildman–Crippen MR) is 114 cm³/mol. The van der Waals surface area contributed by atoms with Gasteiger partial charge < -0.3 is 10.1 Å². The average molecular weight is 451 g/mol. The number of nitrogens with zero attached hydrogens (tertiary/aromatic N) is 1. The van der Waals surface area contributed by atoms with Crippen molar-refractivity contribution in [2.75, 3.05) is 20.2 Å². The van der Waals surface area contributed by atoms with Gasteiger partial charge in [-0.25, -0.2) is 23.7 Å². The number of sulfonamides is 1. The highest BCUT2D eigenvalue weighted by Gasteiger charge is 2.29. The summed E-state index contributed by atoms with van der Waals surface area (Å²) in [4.78, 5) is 12.7. The van der Waals surface area contributed by atoms with Crippen molar-refractivity contribution in [3.05, 3.63) is 59.4 Å². The second-order valence-corrected chi connectivity index (χ2v) is 9.02. The number of rotatable bonds is 8. The van der Waals surface area contributed by atoms with E-state index in [-0.39, 0.29) is 28.1 Å². The Hall–Kier alpha value is -2.53. The predicted octanol–water partition coefficient (Wildman–Crippen LogP) is 2.16. The lowest BCUT2D eigenvalue weighted by molar-refractivity contribution is 0.0932. The minimum Gasteiger partial charge on any atom is -0.495 e. The Bertz CT molecular complexity index is 1040. The van der Waals surface area contributed by atoms with Crippen LogP contribution < -0.4 is 20.9 Å². The average Bonchev–Trinajstić information content (AvgIpc) is 3.22. The Kier molecular flexibility index (Phi) is 7.26. The Morgan fingerprint density at radius 1 is 1.19 bits per heavy atom. The van der Waals surface area contributed by atoms with E-state index < -0.39 is 22.1 Å². The fourth-order valence-electron chi connectivity index (χ4n) is 3.56. The van der Waals surface area contributed by atoms with Crippen LogP contribution in [0.2, 0.25) is 0 Å².